The van der Waals surface area contributed by atoms with Crippen LogP contribution in [0.2, 0.25) is 0 Å². The predicted octanol–water partition coefficient (Wildman–Crippen LogP) is 1.55. The van der Waals surface area contributed by atoms with Crippen molar-refractivity contribution in [2.24, 2.45) is 0 Å². The minimum absolute atomic E-state index is 0.914. The van der Waals surface area contributed by atoms with Gasteiger partial charge in [-0.25, -0.2) is 4.79 Å². The van der Waals surface area contributed by atoms with Gasteiger partial charge in [0.25, 0.3) is 0 Å². The van der Waals surface area contributed by atoms with Crippen molar-refractivity contribution in [1.29, 1.82) is 0 Å². The monoisotopic (exact) mass is 197 g/mol. The van der Waals surface area contributed by atoms with Gasteiger partial charge in [-0.15, -0.1) is 5.10 Å². The van der Waals surface area contributed by atoms with Crippen molar-refractivity contribution in [3.8, 4) is 0 Å². The summed E-state index contributed by atoms with van der Waals surface area (Å²) >= 11 is 2.88. The molecule has 0 bridgehead atoms. The molecule has 0 fully saturated rings. The van der Waals surface area contributed by atoms with E-state index in [0.717, 1.165) is 11.0 Å². The fraction of sp³-hybridized carbons (Fsp3) is 0. The van der Waals surface area contributed by atoms with Crippen LogP contribution >= 0.6 is 12.6 Å². The zero-order valence-electron chi connectivity index (χ0n) is 6.51. The van der Waals surface area contributed by atoms with E-state index in [-0.39, 0.29) is 0 Å². The summed E-state index contributed by atoms with van der Waals surface area (Å²) in [5, 5.41) is 16.3. The van der Waals surface area contributed by atoms with Crippen molar-refractivity contribution in [3.63, 3.8) is 0 Å². The lowest BCUT2D eigenvalue weighted by Gasteiger charge is -1.79. The fourth-order valence-electron chi connectivity index (χ4n) is 0.788. The van der Waals surface area contributed by atoms with Crippen LogP contribution in [0.15, 0.2) is 24.3 Å². The van der Waals surface area contributed by atoms with E-state index in [1.165, 1.54) is 0 Å². The Labute approximate surface area is 79.2 Å². The number of thiol groups is 1. The van der Waals surface area contributed by atoms with Crippen molar-refractivity contribution in [1.82, 2.24) is 15.4 Å². The summed E-state index contributed by atoms with van der Waals surface area (Å²) in [7, 11) is 0. The number of fused-ring (bicyclic) bond motifs is 1. The lowest BCUT2D eigenvalue weighted by atomic mass is 10.3. The Kier molecular flexibility index (Phi) is 3.27. The van der Waals surface area contributed by atoms with Crippen molar-refractivity contribution < 1.29 is 9.90 Å². The summed E-state index contributed by atoms with van der Waals surface area (Å²) in [4.78, 5) is 8.86. The number of nitrogens with one attached hydrogen (secondary N) is 1. The van der Waals surface area contributed by atoms with Gasteiger partial charge in [-0.05, 0) is 12.1 Å². The van der Waals surface area contributed by atoms with Crippen LogP contribution in [-0.4, -0.2) is 25.8 Å². The highest BCUT2D eigenvalue weighted by Crippen LogP contribution is 2.03. The van der Waals surface area contributed by atoms with Crippen LogP contribution in [0.5, 0.6) is 0 Å². The standard InChI is InChI=1S/C6H5N3.CH2O2S/c1-2-4-6-5(3-1)7-9-8-6;2-1(3)4/h1-4H,(H,7,8,9);4H,(H,2,3). The van der Waals surface area contributed by atoms with E-state index in [9.17, 15) is 0 Å². The molecule has 0 spiro atoms. The molecule has 5 nitrogen and oxygen atoms in total. The van der Waals surface area contributed by atoms with Crippen molar-refractivity contribution in [2.45, 2.75) is 0 Å². The molecule has 2 aromatic rings. The molecule has 1 aromatic carbocycles. The summed E-state index contributed by atoms with van der Waals surface area (Å²) in [5.74, 6) is 0. The molecule has 0 radical (unpaired) electrons. The number of hydrogen-bond acceptors (Lipinski definition) is 3. The van der Waals surface area contributed by atoms with E-state index < -0.39 is 5.30 Å². The molecule has 0 unspecified atom stereocenters. The van der Waals surface area contributed by atoms with Crippen LogP contribution in [0.25, 0.3) is 11.0 Å². The average molecular weight is 197 g/mol. The minimum atomic E-state index is -1.14. The molecular formula is C7H7N3O2S. The molecule has 0 aliphatic rings. The van der Waals surface area contributed by atoms with Gasteiger partial charge < -0.3 is 5.11 Å². The highest BCUT2D eigenvalue weighted by molar-refractivity contribution is 7.96. The number of benzene rings is 1. The van der Waals surface area contributed by atoms with E-state index in [2.05, 4.69) is 28.0 Å². The Balaban J connectivity index is 0.000000184. The highest BCUT2D eigenvalue weighted by Gasteiger charge is 1.90. The molecule has 13 heavy (non-hydrogen) atoms. The van der Waals surface area contributed by atoms with Gasteiger partial charge in [-0.1, -0.05) is 30.0 Å². The number of aromatic nitrogens is 3. The summed E-state index contributed by atoms with van der Waals surface area (Å²) in [6, 6.07) is 7.74. The fourth-order valence-corrected chi connectivity index (χ4v) is 0.788. The lowest BCUT2D eigenvalue weighted by Crippen LogP contribution is -1.67. The van der Waals surface area contributed by atoms with Gasteiger partial charge in [0.2, 0.25) is 0 Å². The second-order valence-electron chi connectivity index (χ2n) is 2.11. The molecule has 6 heteroatoms. The zero-order chi connectivity index (χ0) is 9.68. The summed E-state index contributed by atoms with van der Waals surface area (Å²) < 4.78 is 0. The van der Waals surface area contributed by atoms with Gasteiger partial charge in [0.05, 0.1) is 5.52 Å². The molecule has 0 aliphatic heterocycles. The van der Waals surface area contributed by atoms with E-state index in [4.69, 9.17) is 9.90 Å². The van der Waals surface area contributed by atoms with Gasteiger partial charge in [-0.2, -0.15) is 0 Å². The maximum Gasteiger partial charge on any atom is 0.361 e. The Hall–Kier alpha value is -1.56. The normalized spacial score (nSPS) is 9.00. The first kappa shape index (κ1) is 9.53. The quantitative estimate of drug-likeness (QED) is 0.560. The second-order valence-corrected chi connectivity index (χ2v) is 2.49. The van der Waals surface area contributed by atoms with Gasteiger partial charge in [0, 0.05) is 0 Å². The summed E-state index contributed by atoms with van der Waals surface area (Å²) in [6.45, 7) is 0. The lowest BCUT2D eigenvalue weighted by molar-refractivity contribution is 0.222. The van der Waals surface area contributed by atoms with Gasteiger partial charge in [0.15, 0.2) is 0 Å². The van der Waals surface area contributed by atoms with E-state index >= 15 is 0 Å². The third-order valence-corrected chi connectivity index (χ3v) is 1.23. The topological polar surface area (TPSA) is 78.9 Å². The largest absolute Gasteiger partial charge is 0.473 e. The number of carbonyl (C=O) groups is 1. The third kappa shape index (κ3) is 3.12. The first-order valence-corrected chi connectivity index (χ1v) is 3.82. The highest BCUT2D eigenvalue weighted by atomic mass is 32.1. The number of carboxylic acid groups (broad SMARTS) is 1. The van der Waals surface area contributed by atoms with Crippen molar-refractivity contribution in [2.75, 3.05) is 0 Å². The number of H-pyrrole nitrogens is 1. The molecule has 0 aliphatic carbocycles. The van der Waals surface area contributed by atoms with Crippen LogP contribution in [0, 0.1) is 0 Å². The molecule has 1 heterocycles. The van der Waals surface area contributed by atoms with Crippen LogP contribution in [0.3, 0.4) is 0 Å². The Morgan fingerprint density at radius 3 is 2.69 bits per heavy atom. The van der Waals surface area contributed by atoms with E-state index in [1.807, 2.05) is 24.3 Å². The number of aromatic amines is 1. The average Bonchev–Trinajstić information content (AvgIpc) is 2.49. The van der Waals surface area contributed by atoms with Crippen molar-refractivity contribution in [3.05, 3.63) is 24.3 Å². The number of rotatable bonds is 0. The zero-order valence-corrected chi connectivity index (χ0v) is 7.40. The molecule has 2 N–H and O–H groups in total. The molecule has 0 atom stereocenters. The van der Waals surface area contributed by atoms with Gasteiger partial charge in [0.1, 0.15) is 5.52 Å². The molecule has 1 aromatic heterocycles. The number of para-hydroxylation sites is 1. The predicted molar refractivity (Wildman–Crippen MR) is 50.9 cm³/mol. The van der Waals surface area contributed by atoms with E-state index in [1.54, 1.807) is 0 Å². The van der Waals surface area contributed by atoms with Crippen LogP contribution in [0.1, 0.15) is 0 Å². The Morgan fingerprint density at radius 1 is 1.46 bits per heavy atom. The maximum absolute atomic E-state index is 8.86. The maximum atomic E-state index is 8.86. The summed E-state index contributed by atoms with van der Waals surface area (Å²) in [6.07, 6.45) is 0. The van der Waals surface area contributed by atoms with Crippen LogP contribution < -0.4 is 0 Å². The first-order chi connectivity index (χ1) is 6.20. The minimum Gasteiger partial charge on any atom is -0.473 e. The number of nitrogens with zero attached hydrogens (tertiary/aromatic N) is 2. The van der Waals surface area contributed by atoms with E-state index in [0.29, 0.717) is 0 Å². The molecule has 0 amide bonds. The molecular weight excluding hydrogens is 190 g/mol. The first-order valence-electron chi connectivity index (χ1n) is 3.38. The SMILES string of the molecule is O=C(O)S.c1ccc2[nH]nnc2c1. The van der Waals surface area contributed by atoms with Crippen LogP contribution in [-0.2, 0) is 0 Å². The molecule has 2 rings (SSSR count). The van der Waals surface area contributed by atoms with Crippen molar-refractivity contribution >= 4 is 29.0 Å². The van der Waals surface area contributed by atoms with Gasteiger partial charge >= 0.3 is 5.30 Å². The second kappa shape index (κ2) is 4.46. The Morgan fingerprint density at radius 2 is 2.08 bits per heavy atom. The Bertz CT molecular complexity index is 367. The third-order valence-electron chi connectivity index (χ3n) is 1.23. The van der Waals surface area contributed by atoms with Gasteiger partial charge in [-0.3, -0.25) is 5.10 Å². The van der Waals surface area contributed by atoms with Crippen LogP contribution in [0.4, 0.5) is 4.79 Å². The molecule has 0 saturated heterocycles. The molecule has 68 valence electrons. The number of hydrogen-bond donors (Lipinski definition) is 3. The summed E-state index contributed by atoms with van der Waals surface area (Å²) in [5.41, 5.74) is 1.90. The molecule has 0 saturated carbocycles. The smallest absolute Gasteiger partial charge is 0.361 e.